The molecule has 0 bridgehead atoms. The number of hydrogen-bond acceptors (Lipinski definition) is 8. The second-order valence-corrected chi connectivity index (χ2v) is 2.40. The average molecular weight is 504 g/mol. The summed E-state index contributed by atoms with van der Waals surface area (Å²) in [5.41, 5.74) is 18.6. The molecule has 13 nitrogen and oxygen atoms in total. The quantitative estimate of drug-likeness (QED) is 0.246. The number of amides is 2. The van der Waals surface area contributed by atoms with Crippen molar-refractivity contribution in [2.75, 3.05) is 13.1 Å². The second kappa shape index (κ2) is 21.2. The minimum absolute atomic E-state index is 0. The number of nitrogens with one attached hydrogen (secondary N) is 5. The Labute approximate surface area is 136 Å². The van der Waals surface area contributed by atoms with Gasteiger partial charge in [-0.2, -0.15) is 22.5 Å². The van der Waals surface area contributed by atoms with Gasteiger partial charge in [0.05, 0.1) is 6.20 Å². The van der Waals surface area contributed by atoms with Crippen molar-refractivity contribution >= 4 is 6.03 Å². The fourth-order valence-electron chi connectivity index (χ4n) is 0.370. The van der Waals surface area contributed by atoms with E-state index in [1.165, 1.54) is 0 Å². The predicted octanol–water partition coefficient (Wildman–Crippen LogP) is 1.09. The molecule has 1 aromatic rings. The number of aromatic amines is 1. The van der Waals surface area contributed by atoms with Gasteiger partial charge in [-0.1, -0.05) is 0 Å². The molecule has 0 atom stereocenters. The summed E-state index contributed by atoms with van der Waals surface area (Å²) in [5.74, 6) is -1.72. The van der Waals surface area contributed by atoms with Gasteiger partial charge in [0.2, 0.25) is 11.7 Å². The maximum absolute atomic E-state index is 12.0. The molecule has 0 unspecified atom stereocenters. The zero-order valence-corrected chi connectivity index (χ0v) is 12.9. The zero-order valence-electron chi connectivity index (χ0n) is 10.6. The summed E-state index contributed by atoms with van der Waals surface area (Å²) in [6.07, 6.45) is 0.647. The van der Waals surface area contributed by atoms with Crippen molar-refractivity contribution in [3.05, 3.63) is 49.8 Å². The third-order valence-corrected chi connectivity index (χ3v) is 0.973. The number of rotatable bonds is 1. The van der Waals surface area contributed by atoms with Crippen LogP contribution in [0.1, 0.15) is 0 Å². The van der Waals surface area contributed by atoms with Gasteiger partial charge in [0.15, 0.2) is 6.03 Å². The molecule has 0 fully saturated rings. The second-order valence-electron chi connectivity index (χ2n) is 2.40. The van der Waals surface area contributed by atoms with E-state index in [9.17, 15) is 9.18 Å². The van der Waals surface area contributed by atoms with Gasteiger partial charge in [-0.3, -0.25) is 9.78 Å². The van der Waals surface area contributed by atoms with Crippen LogP contribution in [0.3, 0.4) is 0 Å². The number of hydrogen-bond donors (Lipinski definition) is 4. The predicted molar refractivity (Wildman–Crippen MR) is 68.7 cm³/mol. The molecule has 1 rings (SSSR count). The van der Waals surface area contributed by atoms with Crippen LogP contribution in [0.5, 0.6) is 5.88 Å². The Morgan fingerprint density at radius 2 is 1.86 bits per heavy atom. The van der Waals surface area contributed by atoms with Crippen LogP contribution in [0.4, 0.5) is 9.18 Å². The van der Waals surface area contributed by atoms with Crippen molar-refractivity contribution in [1.82, 2.24) is 15.4 Å². The summed E-state index contributed by atoms with van der Waals surface area (Å²) < 4.78 is 12.0. The molecule has 0 spiro atoms. The number of aromatic nitrogens is 2. The molecule has 7 N–H and O–H groups in total. The molecule has 0 aliphatic heterocycles. The molecule has 0 aromatic carbocycles. The fraction of sp³-hybridized carbons (Fsp3) is 0.286. The number of H-pyrrole nitrogens is 1. The number of carbonyl (C=O) groups is 1. The number of carbonyl (C=O) groups excluding carboxylic acids is 1. The van der Waals surface area contributed by atoms with Gasteiger partial charge >= 0.3 is 5.69 Å². The Bertz CT molecular complexity index is 446. The van der Waals surface area contributed by atoms with Crippen molar-refractivity contribution in [3.63, 3.8) is 0 Å². The zero-order chi connectivity index (χ0) is 17.3. The smallest absolute Gasteiger partial charge is 0.347 e. The maximum Gasteiger partial charge on any atom is 0.347 e. The Morgan fingerprint density at radius 1 is 1.50 bits per heavy atom. The molecule has 0 aliphatic rings. The van der Waals surface area contributed by atoms with E-state index in [2.05, 4.69) is 4.98 Å². The summed E-state index contributed by atoms with van der Waals surface area (Å²) in [7, 11) is 0. The summed E-state index contributed by atoms with van der Waals surface area (Å²) in [6, 6.07) is -1.19. The molecule has 22 heavy (non-hydrogen) atoms. The first kappa shape index (κ1) is 28.1. The van der Waals surface area contributed by atoms with E-state index >= 15 is 0 Å². The number of halogens is 1. The number of hydroxylamine groups is 1. The molecule has 0 saturated heterocycles. The summed E-state index contributed by atoms with van der Waals surface area (Å²) >= 11 is 0. The van der Waals surface area contributed by atoms with E-state index in [0.717, 1.165) is 10.8 Å². The van der Waals surface area contributed by atoms with Crippen LogP contribution in [0.25, 0.3) is 17.2 Å². The van der Waals surface area contributed by atoms with E-state index < -0.39 is 23.4 Å². The van der Waals surface area contributed by atoms with Gasteiger partial charge in [0.25, 0.3) is 0 Å². The van der Waals surface area contributed by atoms with E-state index in [4.69, 9.17) is 42.4 Å². The third-order valence-electron chi connectivity index (χ3n) is 0.973. The molecule has 132 valence electrons. The van der Waals surface area contributed by atoms with Crippen LogP contribution in [-0.2, 0) is 21.1 Å². The van der Waals surface area contributed by atoms with Crippen LogP contribution in [0, 0.1) is 15.9 Å². The van der Waals surface area contributed by atoms with Gasteiger partial charge in [-0.05, 0) is 0 Å². The number of aromatic hydroxyl groups is 1. The van der Waals surface area contributed by atoms with Crippen LogP contribution in [-0.4, -0.2) is 39.4 Å². The van der Waals surface area contributed by atoms with E-state index in [-0.39, 0.29) is 34.2 Å². The topological polar surface area (TPSA) is 239 Å². The first-order valence-corrected chi connectivity index (χ1v) is 4.64. The minimum atomic E-state index is -1.19. The molecule has 0 aliphatic carbocycles. The average Bonchev–Trinajstić information content (AvgIpc) is 2.45. The molecule has 0 radical (unpaired) electrons. The monoisotopic (exact) mass is 504 g/mol. The molecular formula is C7H12FN7O6Pt-4. The van der Waals surface area contributed by atoms with Crippen molar-refractivity contribution in [3.8, 4) is 5.88 Å². The number of nitrogens with zero attached hydrogens (tertiary/aromatic N) is 2. The normalized spacial score (nSPS) is 7.27. The first-order valence-electron chi connectivity index (χ1n) is 4.64. The SMILES string of the molecule is O=N[O-].O=c1ncc(F)c(O)[nH]1.[NH-]C(=O)NO.[NH-]CC[NH-].[Pt]. The minimum Gasteiger partial charge on any atom is -0.679 e. The Hall–Kier alpha value is -2.15. The first-order chi connectivity index (χ1) is 9.80. The molecule has 1 aromatic heterocycles. The van der Waals surface area contributed by atoms with Gasteiger partial charge in [0.1, 0.15) is 0 Å². The van der Waals surface area contributed by atoms with E-state index in [0.29, 0.717) is 6.20 Å². The standard InChI is InChI=1S/C4H3FN2O2.C2H6N2.CH4N2O2.HNO2.Pt/c5-2-1-6-4(9)7-3(2)8;3-1-2-4;2-1(4)3-5;2-1-3;/h1H,(H2,6,7,8,9);3-4H,1-2H2;(H4,2,3,4,5);(H,2,3);/q;-2;;;/p-2. The molecule has 2 amide bonds. The molecule has 1 heterocycles. The molecule has 15 heteroatoms. The van der Waals surface area contributed by atoms with E-state index in [1.807, 2.05) is 0 Å². The van der Waals surface area contributed by atoms with Gasteiger partial charge in [-0.25, -0.2) is 4.79 Å². The van der Waals surface area contributed by atoms with Crippen LogP contribution in [0.2, 0.25) is 0 Å². The Kier molecular flexibility index (Phi) is 27.0. The summed E-state index contributed by atoms with van der Waals surface area (Å²) in [5, 5.41) is 24.8. The summed E-state index contributed by atoms with van der Waals surface area (Å²) in [4.78, 5) is 32.0. The third kappa shape index (κ3) is 26.4. The van der Waals surface area contributed by atoms with Gasteiger partial charge < -0.3 is 43.1 Å². The summed E-state index contributed by atoms with van der Waals surface area (Å²) in [6.45, 7) is 0.472. The van der Waals surface area contributed by atoms with Crippen LogP contribution >= 0.6 is 0 Å². The maximum atomic E-state index is 12.0. The van der Waals surface area contributed by atoms with Crippen LogP contribution < -0.4 is 11.2 Å². The van der Waals surface area contributed by atoms with Crippen molar-refractivity contribution in [1.29, 1.82) is 0 Å². The van der Waals surface area contributed by atoms with Crippen molar-refractivity contribution < 1.29 is 40.6 Å². The van der Waals surface area contributed by atoms with Crippen LogP contribution in [0.15, 0.2) is 16.3 Å². The largest absolute Gasteiger partial charge is 0.679 e. The van der Waals surface area contributed by atoms with Gasteiger partial charge in [-0.15, -0.1) is 5.34 Å². The van der Waals surface area contributed by atoms with Crippen molar-refractivity contribution in [2.45, 2.75) is 0 Å². The fourth-order valence-corrected chi connectivity index (χ4v) is 0.370. The van der Waals surface area contributed by atoms with Crippen molar-refractivity contribution in [2.24, 2.45) is 5.34 Å². The Morgan fingerprint density at radius 3 is 2.05 bits per heavy atom. The number of urea groups is 1. The molecule has 0 saturated carbocycles. The van der Waals surface area contributed by atoms with Gasteiger partial charge in [0, 0.05) is 21.1 Å². The molecular weight excluding hydrogens is 492 g/mol. The van der Waals surface area contributed by atoms with E-state index in [1.54, 1.807) is 4.98 Å². The Balaban J connectivity index is -0.000000108.